The Morgan fingerprint density at radius 1 is 1.03 bits per heavy atom. The number of hydrogen-bond acceptors (Lipinski definition) is 4. The average molecular weight is 438 g/mol. The molecule has 33 heavy (non-hydrogen) atoms. The maximum absolute atomic E-state index is 13.0. The molecule has 0 saturated carbocycles. The van der Waals surface area contributed by atoms with Crippen LogP contribution in [0, 0.1) is 13.8 Å². The molecule has 7 nitrogen and oxygen atoms in total. The Morgan fingerprint density at radius 3 is 2.73 bits per heavy atom. The van der Waals surface area contributed by atoms with E-state index in [-0.39, 0.29) is 11.5 Å². The van der Waals surface area contributed by atoms with Crippen molar-refractivity contribution in [1.82, 2.24) is 24.5 Å². The smallest absolute Gasteiger partial charge is 0.276 e. The Bertz CT molecular complexity index is 1560. The van der Waals surface area contributed by atoms with E-state index in [1.165, 1.54) is 5.56 Å². The molecule has 0 saturated heterocycles. The molecule has 0 aliphatic rings. The van der Waals surface area contributed by atoms with E-state index in [0.29, 0.717) is 24.3 Å². The highest BCUT2D eigenvalue weighted by molar-refractivity contribution is 6.05. The molecule has 1 N–H and O–H groups in total. The quantitative estimate of drug-likeness (QED) is 0.454. The molecule has 0 unspecified atom stereocenters. The van der Waals surface area contributed by atoms with Gasteiger partial charge in [0.1, 0.15) is 11.2 Å². The van der Waals surface area contributed by atoms with Crippen molar-refractivity contribution in [2.45, 2.75) is 20.4 Å². The first kappa shape index (κ1) is 20.6. The molecule has 164 valence electrons. The molecule has 0 atom stereocenters. The van der Waals surface area contributed by atoms with E-state index in [9.17, 15) is 9.59 Å². The first-order chi connectivity index (χ1) is 16.0. The lowest BCUT2D eigenvalue weighted by atomic mass is 10.0. The Balaban J connectivity index is 1.35. The number of nitrogens with one attached hydrogen (secondary N) is 1. The summed E-state index contributed by atoms with van der Waals surface area (Å²) in [4.78, 5) is 29.9. The van der Waals surface area contributed by atoms with Gasteiger partial charge in [-0.25, -0.2) is 4.52 Å². The Hall–Kier alpha value is -4.26. The number of carbonyl (C=O) groups is 1. The molecule has 0 bridgehead atoms. The van der Waals surface area contributed by atoms with Gasteiger partial charge in [0.15, 0.2) is 0 Å². The SMILES string of the molecule is Cc1ccc(-c2cc3c(=O)n(CCNC(=O)c4nccc5ccccc45)ccn3n2)c(C)c1. The van der Waals surface area contributed by atoms with Crippen LogP contribution in [0.4, 0.5) is 0 Å². The van der Waals surface area contributed by atoms with E-state index in [4.69, 9.17) is 0 Å². The first-order valence-corrected chi connectivity index (χ1v) is 10.8. The third-order valence-corrected chi connectivity index (χ3v) is 5.79. The van der Waals surface area contributed by atoms with E-state index in [0.717, 1.165) is 27.6 Å². The zero-order valence-electron chi connectivity index (χ0n) is 18.4. The van der Waals surface area contributed by atoms with Crippen molar-refractivity contribution in [2.75, 3.05) is 6.54 Å². The van der Waals surface area contributed by atoms with Gasteiger partial charge in [-0.15, -0.1) is 0 Å². The largest absolute Gasteiger partial charge is 0.349 e. The molecule has 3 aromatic heterocycles. The molecule has 0 aliphatic carbocycles. The zero-order chi connectivity index (χ0) is 22.9. The summed E-state index contributed by atoms with van der Waals surface area (Å²) in [5.74, 6) is -0.262. The summed E-state index contributed by atoms with van der Waals surface area (Å²) >= 11 is 0. The molecular formula is C26H23N5O2. The first-order valence-electron chi connectivity index (χ1n) is 10.8. The second-order valence-corrected chi connectivity index (χ2v) is 8.11. The van der Waals surface area contributed by atoms with Crippen molar-refractivity contribution < 1.29 is 4.79 Å². The number of benzene rings is 2. The van der Waals surface area contributed by atoms with Crippen molar-refractivity contribution in [3.05, 3.63) is 100 Å². The molecule has 0 spiro atoms. The van der Waals surface area contributed by atoms with Crippen LogP contribution in [-0.4, -0.2) is 31.6 Å². The van der Waals surface area contributed by atoms with Crippen molar-refractivity contribution in [1.29, 1.82) is 0 Å². The van der Waals surface area contributed by atoms with Crippen LogP contribution < -0.4 is 10.9 Å². The Kier molecular flexibility index (Phi) is 5.22. The second kappa shape index (κ2) is 8.35. The number of carbonyl (C=O) groups excluding carboxylic acids is 1. The minimum atomic E-state index is -0.262. The number of aryl methyl sites for hydroxylation is 2. The van der Waals surface area contributed by atoms with Crippen molar-refractivity contribution in [2.24, 2.45) is 0 Å². The van der Waals surface area contributed by atoms with Crippen LogP contribution in [0.25, 0.3) is 27.5 Å². The van der Waals surface area contributed by atoms with Crippen molar-refractivity contribution >= 4 is 22.2 Å². The lowest BCUT2D eigenvalue weighted by molar-refractivity contribution is 0.0949. The summed E-state index contributed by atoms with van der Waals surface area (Å²) in [5.41, 5.74) is 4.78. The minimum Gasteiger partial charge on any atom is -0.349 e. The van der Waals surface area contributed by atoms with Gasteiger partial charge in [-0.05, 0) is 36.9 Å². The lowest BCUT2D eigenvalue weighted by Crippen LogP contribution is -2.31. The number of fused-ring (bicyclic) bond motifs is 2. The monoisotopic (exact) mass is 437 g/mol. The summed E-state index contributed by atoms with van der Waals surface area (Å²) in [6, 6.07) is 17.5. The second-order valence-electron chi connectivity index (χ2n) is 8.11. The van der Waals surface area contributed by atoms with E-state index < -0.39 is 0 Å². The molecule has 0 aliphatic heterocycles. The number of pyridine rings is 1. The molecular weight excluding hydrogens is 414 g/mol. The van der Waals surface area contributed by atoms with Crippen molar-refractivity contribution in [3.63, 3.8) is 0 Å². The van der Waals surface area contributed by atoms with Crippen LogP contribution >= 0.6 is 0 Å². The van der Waals surface area contributed by atoms with Gasteiger partial charge in [0.2, 0.25) is 0 Å². The third kappa shape index (κ3) is 3.89. The zero-order valence-corrected chi connectivity index (χ0v) is 18.4. The third-order valence-electron chi connectivity index (χ3n) is 5.79. The fraction of sp³-hybridized carbons (Fsp3) is 0.154. The predicted octanol–water partition coefficient (Wildman–Crippen LogP) is 3.76. The van der Waals surface area contributed by atoms with Crippen LogP contribution in [0.5, 0.6) is 0 Å². The van der Waals surface area contributed by atoms with Gasteiger partial charge >= 0.3 is 0 Å². The summed E-state index contributed by atoms with van der Waals surface area (Å²) < 4.78 is 3.19. The summed E-state index contributed by atoms with van der Waals surface area (Å²) in [6.07, 6.45) is 5.08. The Labute approximate surface area is 190 Å². The number of nitrogens with zero attached hydrogens (tertiary/aromatic N) is 4. The highest BCUT2D eigenvalue weighted by Gasteiger charge is 2.13. The maximum Gasteiger partial charge on any atom is 0.276 e. The molecule has 5 rings (SSSR count). The lowest BCUT2D eigenvalue weighted by Gasteiger charge is -2.09. The van der Waals surface area contributed by atoms with E-state index in [1.54, 1.807) is 27.7 Å². The topological polar surface area (TPSA) is 81.3 Å². The number of aromatic nitrogens is 4. The van der Waals surface area contributed by atoms with E-state index in [1.807, 2.05) is 62.4 Å². The molecule has 0 radical (unpaired) electrons. The van der Waals surface area contributed by atoms with Gasteiger partial charge in [-0.2, -0.15) is 5.10 Å². The van der Waals surface area contributed by atoms with Crippen LogP contribution in [0.3, 0.4) is 0 Å². The minimum absolute atomic E-state index is 0.154. The van der Waals surface area contributed by atoms with Crippen LogP contribution in [0.1, 0.15) is 21.6 Å². The van der Waals surface area contributed by atoms with Crippen molar-refractivity contribution in [3.8, 4) is 11.3 Å². The summed E-state index contributed by atoms with van der Waals surface area (Å²) in [5, 5.41) is 9.21. The van der Waals surface area contributed by atoms with Gasteiger partial charge in [-0.3, -0.25) is 14.6 Å². The van der Waals surface area contributed by atoms with Crippen LogP contribution in [0.2, 0.25) is 0 Å². The molecule has 1 amide bonds. The molecule has 0 fully saturated rings. The van der Waals surface area contributed by atoms with Gasteiger partial charge < -0.3 is 9.88 Å². The highest BCUT2D eigenvalue weighted by Crippen LogP contribution is 2.23. The summed E-state index contributed by atoms with van der Waals surface area (Å²) in [6.45, 7) is 4.74. The number of rotatable bonds is 5. The normalized spacial score (nSPS) is 11.2. The standard InChI is InChI=1S/C26H23N5O2/c1-17-7-8-20(18(2)15-17)22-16-23-26(33)30(13-14-31(23)29-22)12-11-28-25(32)24-21-6-4-3-5-19(21)9-10-27-24/h3-10,13-16H,11-12H2,1-2H3,(H,28,32). The molecule has 7 heteroatoms. The van der Waals surface area contributed by atoms with Crippen LogP contribution in [0.15, 0.2) is 78.0 Å². The van der Waals surface area contributed by atoms with Gasteiger partial charge in [0.25, 0.3) is 11.5 Å². The molecule has 2 aromatic carbocycles. The fourth-order valence-electron chi connectivity index (χ4n) is 4.11. The number of hydrogen-bond donors (Lipinski definition) is 1. The highest BCUT2D eigenvalue weighted by atomic mass is 16.2. The summed E-state index contributed by atoms with van der Waals surface area (Å²) in [7, 11) is 0. The van der Waals surface area contributed by atoms with E-state index in [2.05, 4.69) is 21.5 Å². The maximum atomic E-state index is 13.0. The van der Waals surface area contributed by atoms with E-state index >= 15 is 0 Å². The molecule has 3 heterocycles. The average Bonchev–Trinajstić information content (AvgIpc) is 3.25. The number of amides is 1. The fourth-order valence-corrected chi connectivity index (χ4v) is 4.11. The van der Waals surface area contributed by atoms with Gasteiger partial charge in [-0.1, -0.05) is 48.0 Å². The van der Waals surface area contributed by atoms with Gasteiger partial charge in [0.05, 0.1) is 5.69 Å². The Morgan fingerprint density at radius 2 is 1.88 bits per heavy atom. The molecule has 5 aromatic rings. The van der Waals surface area contributed by atoms with Crippen LogP contribution in [-0.2, 0) is 6.54 Å². The van der Waals surface area contributed by atoms with Gasteiger partial charge in [0, 0.05) is 42.6 Å². The predicted molar refractivity (Wildman–Crippen MR) is 128 cm³/mol.